The second-order valence-electron chi connectivity index (χ2n) is 7.91. The first-order valence-corrected chi connectivity index (χ1v) is 9.85. The highest BCUT2D eigenvalue weighted by molar-refractivity contribution is 5.67. The zero-order valence-corrected chi connectivity index (χ0v) is 17.9. The third kappa shape index (κ3) is 3.63. The summed E-state index contributed by atoms with van der Waals surface area (Å²) in [6.45, 7) is 4.53. The van der Waals surface area contributed by atoms with Crippen LogP contribution >= 0.6 is 0 Å². The minimum atomic E-state index is 0.142. The first kappa shape index (κ1) is 19.9. The number of nitrogens with zero attached hydrogens (tertiary/aromatic N) is 3. The maximum atomic E-state index is 5.42. The number of benzene rings is 1. The molecule has 1 aliphatic rings. The smallest absolute Gasteiger partial charge is 0.227 e. The molecule has 3 aromatic rings. The third-order valence-corrected chi connectivity index (χ3v) is 5.56. The number of anilines is 2. The summed E-state index contributed by atoms with van der Waals surface area (Å²) in [6.07, 6.45) is 5.78. The molecule has 4 rings (SSSR count). The standard InChI is InChI=1S/C23H26N4O3/c1-23(2)8-6-18-16(23)10-14(13-25-18)17-7-9-24-22(27-17)26-15-11-19(28-3)21(30-5)20(12-15)29-4/h7,9-13H,6,8H2,1-5H3,(H,24,26,27). The molecule has 156 valence electrons. The van der Waals surface area contributed by atoms with Gasteiger partial charge >= 0.3 is 0 Å². The highest BCUT2D eigenvalue weighted by Crippen LogP contribution is 2.41. The summed E-state index contributed by atoms with van der Waals surface area (Å²) in [5.41, 5.74) is 5.17. The van der Waals surface area contributed by atoms with E-state index < -0.39 is 0 Å². The molecule has 0 fully saturated rings. The monoisotopic (exact) mass is 406 g/mol. The highest BCUT2D eigenvalue weighted by Gasteiger charge is 2.31. The molecule has 7 heteroatoms. The summed E-state index contributed by atoms with van der Waals surface area (Å²) in [5.74, 6) is 2.12. The first-order chi connectivity index (χ1) is 14.4. The Balaban J connectivity index is 1.66. The van der Waals surface area contributed by atoms with Gasteiger partial charge in [-0.05, 0) is 36.0 Å². The van der Waals surface area contributed by atoms with Crippen molar-refractivity contribution in [3.8, 4) is 28.5 Å². The summed E-state index contributed by atoms with van der Waals surface area (Å²) >= 11 is 0. The topological polar surface area (TPSA) is 78.4 Å². The lowest BCUT2D eigenvalue weighted by Crippen LogP contribution is -2.12. The van der Waals surface area contributed by atoms with E-state index in [0.717, 1.165) is 29.8 Å². The number of hydrogen-bond donors (Lipinski definition) is 1. The van der Waals surface area contributed by atoms with E-state index in [1.54, 1.807) is 27.5 Å². The molecule has 0 amide bonds. The normalized spacial score (nSPS) is 14.2. The lowest BCUT2D eigenvalue weighted by Gasteiger charge is -2.19. The second-order valence-corrected chi connectivity index (χ2v) is 7.91. The molecule has 2 heterocycles. The number of methoxy groups -OCH3 is 3. The zero-order valence-electron chi connectivity index (χ0n) is 17.9. The van der Waals surface area contributed by atoms with Crippen LogP contribution in [0.2, 0.25) is 0 Å². The Morgan fingerprint density at radius 3 is 2.37 bits per heavy atom. The SMILES string of the molecule is COc1cc(Nc2nccc(-c3cnc4c(c3)C(C)(C)CC4)n2)cc(OC)c1OC. The molecule has 0 unspecified atom stereocenters. The van der Waals surface area contributed by atoms with Gasteiger partial charge in [-0.25, -0.2) is 9.97 Å². The van der Waals surface area contributed by atoms with Gasteiger partial charge in [0.1, 0.15) is 0 Å². The molecule has 30 heavy (non-hydrogen) atoms. The maximum absolute atomic E-state index is 5.42. The molecular weight excluding hydrogens is 380 g/mol. The quantitative estimate of drug-likeness (QED) is 0.644. The van der Waals surface area contributed by atoms with Crippen LogP contribution in [0.1, 0.15) is 31.5 Å². The van der Waals surface area contributed by atoms with Crippen LogP contribution in [0.3, 0.4) is 0 Å². The number of nitrogens with one attached hydrogen (secondary N) is 1. The Bertz CT molecular complexity index is 1060. The highest BCUT2D eigenvalue weighted by atomic mass is 16.5. The van der Waals surface area contributed by atoms with E-state index in [4.69, 9.17) is 14.2 Å². The van der Waals surface area contributed by atoms with Crippen molar-refractivity contribution in [2.45, 2.75) is 32.1 Å². The van der Waals surface area contributed by atoms with E-state index >= 15 is 0 Å². The van der Waals surface area contributed by atoms with Gasteiger partial charge in [0.15, 0.2) is 11.5 Å². The van der Waals surface area contributed by atoms with Crippen LogP contribution in [0.25, 0.3) is 11.3 Å². The molecule has 0 aliphatic heterocycles. The molecule has 1 aliphatic carbocycles. The molecule has 2 aromatic heterocycles. The Labute approximate surface area is 176 Å². The number of aromatic nitrogens is 3. The largest absolute Gasteiger partial charge is 0.493 e. The fraction of sp³-hybridized carbons (Fsp3) is 0.348. The van der Waals surface area contributed by atoms with Gasteiger partial charge < -0.3 is 19.5 Å². The summed E-state index contributed by atoms with van der Waals surface area (Å²) in [5, 5.41) is 3.23. The van der Waals surface area contributed by atoms with E-state index in [1.807, 2.05) is 24.4 Å². The van der Waals surface area contributed by atoms with Crippen molar-refractivity contribution in [2.24, 2.45) is 0 Å². The van der Waals surface area contributed by atoms with Crippen molar-refractivity contribution < 1.29 is 14.2 Å². The van der Waals surface area contributed by atoms with Gasteiger partial charge in [0.2, 0.25) is 11.7 Å². The summed E-state index contributed by atoms with van der Waals surface area (Å²) in [4.78, 5) is 13.7. The molecule has 0 atom stereocenters. The molecule has 0 saturated heterocycles. The fourth-order valence-electron chi connectivity index (χ4n) is 3.85. The van der Waals surface area contributed by atoms with E-state index in [2.05, 4.69) is 40.2 Å². The van der Waals surface area contributed by atoms with Crippen molar-refractivity contribution in [1.29, 1.82) is 0 Å². The lowest BCUT2D eigenvalue weighted by atomic mass is 9.86. The average Bonchev–Trinajstić information content (AvgIpc) is 3.07. The van der Waals surface area contributed by atoms with Gasteiger partial charge in [-0.15, -0.1) is 0 Å². The molecule has 7 nitrogen and oxygen atoms in total. The van der Waals surface area contributed by atoms with Crippen LogP contribution in [-0.4, -0.2) is 36.3 Å². The van der Waals surface area contributed by atoms with E-state index in [0.29, 0.717) is 23.2 Å². The number of pyridine rings is 1. The van der Waals surface area contributed by atoms with Crippen molar-refractivity contribution in [3.63, 3.8) is 0 Å². The number of aryl methyl sites for hydroxylation is 1. The van der Waals surface area contributed by atoms with Gasteiger partial charge in [-0.1, -0.05) is 13.8 Å². The van der Waals surface area contributed by atoms with Gasteiger partial charge in [-0.3, -0.25) is 4.98 Å². The van der Waals surface area contributed by atoms with Crippen LogP contribution in [0.4, 0.5) is 11.6 Å². The number of ether oxygens (including phenoxy) is 3. The molecule has 0 bridgehead atoms. The van der Waals surface area contributed by atoms with E-state index in [-0.39, 0.29) is 5.41 Å². The van der Waals surface area contributed by atoms with E-state index in [1.165, 1.54) is 11.3 Å². The molecule has 1 N–H and O–H groups in total. The fourth-order valence-corrected chi connectivity index (χ4v) is 3.85. The zero-order chi connectivity index (χ0) is 21.3. The Kier molecular flexibility index (Phi) is 5.20. The second kappa shape index (κ2) is 7.82. The van der Waals surface area contributed by atoms with Crippen molar-refractivity contribution in [3.05, 3.63) is 47.9 Å². The summed E-state index contributed by atoms with van der Waals surface area (Å²) in [6, 6.07) is 7.74. The number of hydrogen-bond acceptors (Lipinski definition) is 7. The summed E-state index contributed by atoms with van der Waals surface area (Å²) < 4.78 is 16.2. The van der Waals surface area contributed by atoms with Crippen LogP contribution in [0.5, 0.6) is 17.2 Å². The van der Waals surface area contributed by atoms with Crippen LogP contribution in [0, 0.1) is 0 Å². The van der Waals surface area contributed by atoms with Gasteiger partial charge in [0.05, 0.1) is 27.0 Å². The van der Waals surface area contributed by atoms with Gasteiger partial charge in [0, 0.05) is 41.5 Å². The molecule has 0 saturated carbocycles. The van der Waals surface area contributed by atoms with E-state index in [9.17, 15) is 0 Å². The Hall–Kier alpha value is -3.35. The minimum Gasteiger partial charge on any atom is -0.493 e. The van der Waals surface area contributed by atoms with Crippen molar-refractivity contribution >= 4 is 11.6 Å². The van der Waals surface area contributed by atoms with Crippen LogP contribution in [0.15, 0.2) is 36.7 Å². The van der Waals surface area contributed by atoms with Gasteiger partial charge in [-0.2, -0.15) is 0 Å². The minimum absolute atomic E-state index is 0.142. The van der Waals surface area contributed by atoms with Crippen molar-refractivity contribution in [2.75, 3.05) is 26.6 Å². The Morgan fingerprint density at radius 1 is 0.967 bits per heavy atom. The predicted molar refractivity (Wildman–Crippen MR) is 116 cm³/mol. The van der Waals surface area contributed by atoms with Gasteiger partial charge in [0.25, 0.3) is 0 Å². The molecule has 0 radical (unpaired) electrons. The molecule has 1 aromatic carbocycles. The Morgan fingerprint density at radius 2 is 1.70 bits per heavy atom. The van der Waals surface area contributed by atoms with Crippen LogP contribution in [-0.2, 0) is 11.8 Å². The number of rotatable bonds is 6. The molecule has 0 spiro atoms. The molecular formula is C23H26N4O3. The average molecular weight is 406 g/mol. The van der Waals surface area contributed by atoms with Crippen molar-refractivity contribution in [1.82, 2.24) is 15.0 Å². The van der Waals surface area contributed by atoms with Crippen LogP contribution < -0.4 is 19.5 Å². The number of fused-ring (bicyclic) bond motifs is 1. The predicted octanol–water partition coefficient (Wildman–Crippen LogP) is 4.53. The third-order valence-electron chi connectivity index (χ3n) is 5.56. The first-order valence-electron chi connectivity index (χ1n) is 9.85. The summed E-state index contributed by atoms with van der Waals surface area (Å²) in [7, 11) is 4.74. The maximum Gasteiger partial charge on any atom is 0.227 e. The lowest BCUT2D eigenvalue weighted by molar-refractivity contribution is 0.324.